The lowest BCUT2D eigenvalue weighted by Gasteiger charge is -2.15. The van der Waals surface area contributed by atoms with Gasteiger partial charge in [0.25, 0.3) is 11.8 Å². The molecule has 2 amide bonds. The number of benzene rings is 1. The zero-order valence-electron chi connectivity index (χ0n) is 36.8. The van der Waals surface area contributed by atoms with E-state index < -0.39 is 0 Å². The van der Waals surface area contributed by atoms with Crippen molar-refractivity contribution in [2.75, 3.05) is 13.1 Å². The molecule has 8 nitrogen and oxygen atoms in total. The van der Waals surface area contributed by atoms with E-state index in [0.29, 0.717) is 24.2 Å². The van der Waals surface area contributed by atoms with Crippen molar-refractivity contribution in [3.05, 3.63) is 34.4 Å². The Morgan fingerprint density at radius 3 is 0.982 bits per heavy atom. The van der Waals surface area contributed by atoms with E-state index in [9.17, 15) is 9.59 Å². The highest BCUT2D eigenvalue weighted by molar-refractivity contribution is 6.08. The molecule has 1 aromatic carbocycles. The number of isocyanates is 2. The van der Waals surface area contributed by atoms with Crippen molar-refractivity contribution in [1.82, 2.24) is 10.6 Å². The number of nitrogens with one attached hydrogen (secondary N) is 4. The van der Waals surface area contributed by atoms with Crippen LogP contribution < -0.4 is 10.6 Å². The minimum atomic E-state index is -0.124. The number of unbranched alkanes of at least 4 members (excludes halogenated alkanes) is 30. The van der Waals surface area contributed by atoms with E-state index in [-0.39, 0.29) is 11.8 Å². The number of hydrogen-bond donors (Lipinski definition) is 4. The summed E-state index contributed by atoms with van der Waals surface area (Å²) < 4.78 is 0. The summed E-state index contributed by atoms with van der Waals surface area (Å²) in [5.41, 5.74) is 3.01. The maximum absolute atomic E-state index is 13.2. The van der Waals surface area contributed by atoms with Gasteiger partial charge in [0.2, 0.25) is 12.2 Å². The Labute approximate surface area is 344 Å². The van der Waals surface area contributed by atoms with Crippen LogP contribution in [0.5, 0.6) is 0 Å². The van der Waals surface area contributed by atoms with Gasteiger partial charge in [-0.1, -0.05) is 213 Å². The van der Waals surface area contributed by atoms with Crippen LogP contribution in [0.1, 0.15) is 251 Å². The molecule has 0 bridgehead atoms. The predicted molar refractivity (Wildman–Crippen MR) is 237 cm³/mol. The summed E-state index contributed by atoms with van der Waals surface area (Å²) >= 11 is 0. The quantitative estimate of drug-likeness (QED) is 0.0305. The highest BCUT2D eigenvalue weighted by atomic mass is 16.2. The third-order valence-corrected chi connectivity index (χ3v) is 10.8. The fraction of sp³-hybridized carbons (Fsp3) is 0.792. The zero-order valence-corrected chi connectivity index (χ0v) is 36.8. The van der Waals surface area contributed by atoms with Gasteiger partial charge in [-0.25, -0.2) is 20.4 Å². The number of carbonyl (C=O) groups is 2. The molecule has 8 heteroatoms. The summed E-state index contributed by atoms with van der Waals surface area (Å²) in [5.74, 6) is -0.235. The molecule has 0 aliphatic carbocycles. The van der Waals surface area contributed by atoms with Crippen molar-refractivity contribution < 1.29 is 19.2 Å². The maximum atomic E-state index is 13.2. The molecule has 0 atom stereocenters. The van der Waals surface area contributed by atoms with Gasteiger partial charge in [-0.2, -0.15) is 0 Å². The standard InChI is InChI=1S/C46H84N2O2.2CHNO/c1-5-7-9-11-13-15-17-19-21-23-25-27-29-31-33-35-39-47-45(49)43-38-37-41(3)42(4)44(43)46(50)48-40-36-34-32-30-28-26-24-22-20-18-16-14-12-10-8-6-2;2*2-1-3/h37-38H,5-36,39-40H2,1-4H3,(H,47,49)(H,48,50);2*2H. The predicted octanol–water partition coefficient (Wildman–Crippen LogP) is 14.1. The van der Waals surface area contributed by atoms with Crippen LogP contribution in [0.3, 0.4) is 0 Å². The van der Waals surface area contributed by atoms with Crippen LogP contribution in [0.25, 0.3) is 0 Å². The van der Waals surface area contributed by atoms with Gasteiger partial charge in [-0.05, 0) is 43.9 Å². The Bertz CT molecular complexity index is 1110. The van der Waals surface area contributed by atoms with Crippen molar-refractivity contribution in [2.24, 2.45) is 0 Å². The first-order valence-corrected chi connectivity index (χ1v) is 23.1. The van der Waals surface area contributed by atoms with Gasteiger partial charge >= 0.3 is 0 Å². The second kappa shape index (κ2) is 44.6. The first-order chi connectivity index (χ1) is 27.4. The van der Waals surface area contributed by atoms with Crippen molar-refractivity contribution in [3.63, 3.8) is 0 Å². The van der Waals surface area contributed by atoms with E-state index in [1.807, 2.05) is 26.0 Å². The van der Waals surface area contributed by atoms with Crippen molar-refractivity contribution in [1.29, 1.82) is 10.8 Å². The number of amides is 2. The largest absolute Gasteiger partial charge is 0.352 e. The molecule has 0 aromatic heterocycles. The van der Waals surface area contributed by atoms with Crippen LogP contribution in [-0.2, 0) is 9.59 Å². The van der Waals surface area contributed by atoms with Crippen LogP contribution in [0.15, 0.2) is 12.1 Å². The van der Waals surface area contributed by atoms with Gasteiger partial charge in [0.1, 0.15) is 0 Å². The molecule has 0 aliphatic rings. The van der Waals surface area contributed by atoms with Crippen LogP contribution in [-0.4, -0.2) is 37.1 Å². The molecule has 4 N–H and O–H groups in total. The van der Waals surface area contributed by atoms with Crippen molar-refractivity contribution in [3.8, 4) is 0 Å². The fourth-order valence-electron chi connectivity index (χ4n) is 7.23. The van der Waals surface area contributed by atoms with Crippen LogP contribution >= 0.6 is 0 Å². The topological polar surface area (TPSA) is 140 Å². The molecule has 0 heterocycles. The average Bonchev–Trinajstić information content (AvgIpc) is 3.18. The lowest BCUT2D eigenvalue weighted by atomic mass is 9.96. The van der Waals surface area contributed by atoms with Gasteiger partial charge < -0.3 is 10.6 Å². The maximum Gasteiger partial charge on any atom is 0.252 e. The highest BCUT2D eigenvalue weighted by Gasteiger charge is 2.20. The Kier molecular flexibility index (Phi) is 43.9. The highest BCUT2D eigenvalue weighted by Crippen LogP contribution is 2.20. The molecular weight excluding hydrogens is 697 g/mol. The Morgan fingerprint density at radius 2 is 0.696 bits per heavy atom. The number of carbonyl (C=O) groups excluding carboxylic acids is 4. The second-order valence-electron chi connectivity index (χ2n) is 15.8. The molecule has 1 rings (SSSR count). The monoisotopic (exact) mass is 783 g/mol. The molecule has 0 saturated heterocycles. The summed E-state index contributed by atoms with van der Waals surface area (Å²) in [6, 6.07) is 3.79. The third kappa shape index (κ3) is 35.3. The van der Waals surface area contributed by atoms with Gasteiger partial charge in [0, 0.05) is 13.1 Å². The van der Waals surface area contributed by atoms with E-state index in [1.54, 1.807) is 0 Å². The first-order valence-electron chi connectivity index (χ1n) is 23.1. The summed E-state index contributed by atoms with van der Waals surface area (Å²) in [5, 5.41) is 17.0. The SMILES string of the molecule is CCCCCCCCCCCCCCCCCCNC(=O)c1ccc(C)c(C)c1C(=O)NCCCCCCCCCCCCCCCCCC.N=C=O.N=C=O. The lowest BCUT2D eigenvalue weighted by molar-refractivity contribution is 0.0918. The Hall–Kier alpha value is -3.08. The normalized spacial score (nSPS) is 10.4. The second-order valence-corrected chi connectivity index (χ2v) is 15.8. The number of aryl methyl sites for hydroxylation is 1. The van der Waals surface area contributed by atoms with E-state index in [1.165, 1.54) is 180 Å². The third-order valence-electron chi connectivity index (χ3n) is 10.8. The Morgan fingerprint density at radius 1 is 0.446 bits per heavy atom. The molecule has 1 aromatic rings. The molecule has 0 aliphatic heterocycles. The lowest BCUT2D eigenvalue weighted by Crippen LogP contribution is -2.31. The van der Waals surface area contributed by atoms with Crippen molar-refractivity contribution >= 4 is 24.0 Å². The zero-order chi connectivity index (χ0) is 41.7. The van der Waals surface area contributed by atoms with Crippen molar-refractivity contribution in [2.45, 2.75) is 233 Å². The summed E-state index contributed by atoms with van der Waals surface area (Å²) in [6.45, 7) is 9.89. The van der Waals surface area contributed by atoms with Crippen LogP contribution in [0, 0.1) is 24.7 Å². The molecule has 0 fully saturated rings. The first kappa shape index (κ1) is 55.0. The summed E-state index contributed by atoms with van der Waals surface area (Å²) in [7, 11) is 0. The van der Waals surface area contributed by atoms with Gasteiger partial charge in [0.15, 0.2) is 0 Å². The summed E-state index contributed by atoms with van der Waals surface area (Å²) in [4.78, 5) is 43.1. The minimum Gasteiger partial charge on any atom is -0.352 e. The number of rotatable bonds is 36. The smallest absolute Gasteiger partial charge is 0.252 e. The van der Waals surface area contributed by atoms with Crippen LogP contribution in [0.4, 0.5) is 0 Å². The van der Waals surface area contributed by atoms with E-state index in [0.717, 1.165) is 49.0 Å². The van der Waals surface area contributed by atoms with E-state index in [4.69, 9.17) is 20.4 Å². The molecule has 322 valence electrons. The molecule has 56 heavy (non-hydrogen) atoms. The molecule has 0 unspecified atom stereocenters. The summed E-state index contributed by atoms with van der Waals surface area (Å²) in [6.07, 6.45) is 44.4. The average molecular weight is 783 g/mol. The van der Waals surface area contributed by atoms with E-state index in [2.05, 4.69) is 24.5 Å². The van der Waals surface area contributed by atoms with Crippen LogP contribution in [0.2, 0.25) is 0 Å². The minimum absolute atomic E-state index is 0.111. The molecule has 0 radical (unpaired) electrons. The molecule has 0 spiro atoms. The Balaban J connectivity index is 0. The molecule has 0 saturated carbocycles. The van der Waals surface area contributed by atoms with E-state index >= 15 is 0 Å². The van der Waals surface area contributed by atoms with Gasteiger partial charge in [0.05, 0.1) is 11.1 Å². The van der Waals surface area contributed by atoms with Gasteiger partial charge in [-0.15, -0.1) is 0 Å². The van der Waals surface area contributed by atoms with Gasteiger partial charge in [-0.3, -0.25) is 9.59 Å². The molecular formula is C48H86N4O4. The fourth-order valence-corrected chi connectivity index (χ4v) is 7.23. The number of hydrogen-bond acceptors (Lipinski definition) is 6.